The first-order chi connectivity index (χ1) is 13.4. The molecular weight excluding hydrogens is 427 g/mol. The number of halogens is 2. The molecule has 7 nitrogen and oxygen atoms in total. The summed E-state index contributed by atoms with van der Waals surface area (Å²) in [4.78, 5) is 22.7. The van der Waals surface area contributed by atoms with Gasteiger partial charge in [0.1, 0.15) is 29.8 Å². The van der Waals surface area contributed by atoms with Gasteiger partial charge in [-0.1, -0.05) is 0 Å². The maximum atomic E-state index is 12.1. The van der Waals surface area contributed by atoms with E-state index >= 15 is 0 Å². The van der Waals surface area contributed by atoms with Gasteiger partial charge in [-0.15, -0.1) is 24.8 Å². The highest BCUT2D eigenvalue weighted by Crippen LogP contribution is 2.34. The molecule has 1 fully saturated rings. The molecule has 4 rings (SSSR count). The molecule has 30 heavy (non-hydrogen) atoms. The van der Waals surface area contributed by atoms with Crippen LogP contribution < -0.4 is 5.32 Å². The number of allylic oxidation sites excluding steroid dienone is 1. The summed E-state index contributed by atoms with van der Waals surface area (Å²) >= 11 is 0. The minimum Gasteiger partial charge on any atom is -0.462 e. The Hall–Kier alpha value is -1.70. The van der Waals surface area contributed by atoms with Gasteiger partial charge < -0.3 is 19.8 Å². The molecule has 1 aliphatic carbocycles. The van der Waals surface area contributed by atoms with Crippen molar-refractivity contribution in [3.05, 3.63) is 35.5 Å². The number of likely N-dealkylation sites (tertiary alicyclic amines) is 1. The number of rotatable bonds is 4. The van der Waals surface area contributed by atoms with Crippen LogP contribution >= 0.6 is 24.8 Å². The number of nitrogens with zero attached hydrogens (tertiary/aromatic N) is 2. The van der Waals surface area contributed by atoms with Crippen LogP contribution in [0.5, 0.6) is 0 Å². The molecule has 9 heteroatoms. The van der Waals surface area contributed by atoms with E-state index in [1.165, 1.54) is 0 Å². The standard InChI is InChI=1S/C21H30N4O3.2ClH/c1-21(2,3)24-18(26)13-25-8-6-14(7-9-25)12-17-22-15-4-5-16-20(19(15)23-17)28-11-10-27-16;;/h10-11,14H,4-9,12-13H2,1-3H3,(H,22,23)(H,24,26);2*1H. The van der Waals surface area contributed by atoms with Gasteiger partial charge in [0.25, 0.3) is 0 Å². The number of carbonyl (C=O) groups is 1. The highest BCUT2D eigenvalue weighted by molar-refractivity contribution is 5.85. The van der Waals surface area contributed by atoms with Crippen LogP contribution in [0.3, 0.4) is 0 Å². The predicted octanol–water partition coefficient (Wildman–Crippen LogP) is 3.56. The first-order valence-electron chi connectivity index (χ1n) is 10.2. The van der Waals surface area contributed by atoms with E-state index in [0.717, 1.165) is 73.9 Å². The Kier molecular flexibility index (Phi) is 8.25. The van der Waals surface area contributed by atoms with Gasteiger partial charge in [-0.3, -0.25) is 9.69 Å². The van der Waals surface area contributed by atoms with Gasteiger partial charge in [0, 0.05) is 18.4 Å². The van der Waals surface area contributed by atoms with Crippen LogP contribution in [0.25, 0.3) is 5.76 Å². The van der Waals surface area contributed by atoms with Crippen molar-refractivity contribution >= 4 is 36.5 Å². The average Bonchev–Trinajstić information content (AvgIpc) is 3.05. The van der Waals surface area contributed by atoms with Crippen LogP contribution in [0.2, 0.25) is 0 Å². The fourth-order valence-corrected chi connectivity index (χ4v) is 4.14. The third-order valence-corrected chi connectivity index (χ3v) is 5.42. The number of aromatic nitrogens is 2. The van der Waals surface area contributed by atoms with Gasteiger partial charge in [0.15, 0.2) is 5.76 Å². The molecule has 1 saturated heterocycles. The Morgan fingerprint density at radius 2 is 1.90 bits per heavy atom. The van der Waals surface area contributed by atoms with Crippen LogP contribution in [0.4, 0.5) is 0 Å². The molecule has 1 aromatic rings. The molecule has 2 N–H and O–H groups in total. The number of piperidine rings is 1. The average molecular weight is 459 g/mol. The summed E-state index contributed by atoms with van der Waals surface area (Å²) < 4.78 is 11.2. The molecule has 3 heterocycles. The van der Waals surface area contributed by atoms with Crippen molar-refractivity contribution in [1.82, 2.24) is 20.2 Å². The van der Waals surface area contributed by atoms with Gasteiger partial charge in [-0.2, -0.15) is 0 Å². The number of imidazole rings is 1. The van der Waals surface area contributed by atoms with Crippen molar-refractivity contribution in [2.24, 2.45) is 5.92 Å². The number of H-pyrrole nitrogens is 1. The van der Waals surface area contributed by atoms with E-state index in [9.17, 15) is 4.79 Å². The fourth-order valence-electron chi connectivity index (χ4n) is 4.14. The number of fused-ring (bicyclic) bond motifs is 2. The summed E-state index contributed by atoms with van der Waals surface area (Å²) in [6.45, 7) is 8.44. The molecule has 1 amide bonds. The topological polar surface area (TPSA) is 79.5 Å². The molecule has 0 saturated carbocycles. The van der Waals surface area contributed by atoms with Crippen molar-refractivity contribution in [3.8, 4) is 0 Å². The minimum atomic E-state index is -0.175. The monoisotopic (exact) mass is 458 g/mol. The Labute approximate surface area is 190 Å². The third kappa shape index (κ3) is 5.93. The van der Waals surface area contributed by atoms with E-state index in [-0.39, 0.29) is 36.3 Å². The number of hydrogen-bond donors (Lipinski definition) is 2. The highest BCUT2D eigenvalue weighted by Gasteiger charge is 2.28. The maximum Gasteiger partial charge on any atom is 0.234 e. The zero-order valence-corrected chi connectivity index (χ0v) is 19.5. The molecule has 0 atom stereocenters. The molecular formula is C21H32Cl2N4O3. The van der Waals surface area contributed by atoms with Gasteiger partial charge in [0.05, 0.1) is 12.2 Å². The van der Waals surface area contributed by atoms with Crippen molar-refractivity contribution in [2.75, 3.05) is 19.6 Å². The quantitative estimate of drug-likeness (QED) is 0.720. The van der Waals surface area contributed by atoms with E-state index in [1.54, 1.807) is 12.5 Å². The lowest BCUT2D eigenvalue weighted by atomic mass is 9.93. The van der Waals surface area contributed by atoms with E-state index in [1.807, 2.05) is 20.8 Å². The van der Waals surface area contributed by atoms with Crippen molar-refractivity contribution in [2.45, 2.75) is 58.4 Å². The van der Waals surface area contributed by atoms with Gasteiger partial charge in [-0.25, -0.2) is 4.98 Å². The summed E-state index contributed by atoms with van der Waals surface area (Å²) in [7, 11) is 0. The lowest BCUT2D eigenvalue weighted by molar-refractivity contribution is -0.124. The summed E-state index contributed by atoms with van der Waals surface area (Å²) in [6, 6.07) is 0. The molecule has 0 bridgehead atoms. The zero-order chi connectivity index (χ0) is 19.7. The Balaban J connectivity index is 0.00000160. The van der Waals surface area contributed by atoms with E-state index < -0.39 is 0 Å². The second-order valence-corrected chi connectivity index (χ2v) is 8.99. The molecule has 0 aromatic carbocycles. The van der Waals surface area contributed by atoms with Crippen LogP contribution in [0.15, 0.2) is 18.3 Å². The van der Waals surface area contributed by atoms with E-state index in [2.05, 4.69) is 15.2 Å². The molecule has 168 valence electrons. The number of aromatic amines is 1. The molecule has 3 aliphatic rings. The molecule has 0 spiro atoms. The van der Waals surface area contributed by atoms with E-state index in [4.69, 9.17) is 14.5 Å². The molecule has 0 unspecified atom stereocenters. The zero-order valence-electron chi connectivity index (χ0n) is 17.8. The lowest BCUT2D eigenvalue weighted by Crippen LogP contribution is -2.47. The fraction of sp³-hybridized carbons (Fsp3) is 0.619. The van der Waals surface area contributed by atoms with Gasteiger partial charge in [-0.05, 0) is 59.0 Å². The van der Waals surface area contributed by atoms with Gasteiger partial charge in [0.2, 0.25) is 5.91 Å². The minimum absolute atomic E-state index is 0. The Bertz CT molecular complexity index is 806. The number of aryl methyl sites for hydroxylation is 1. The SMILES string of the molecule is CC(C)(C)NC(=O)CN1CCC(Cc2nc3c([nH]2)C2=C(CC3)OC=CO2)CC1.Cl.Cl. The number of nitrogens with one attached hydrogen (secondary N) is 2. The normalized spacial score (nSPS) is 18.9. The van der Waals surface area contributed by atoms with Crippen LogP contribution in [0, 0.1) is 5.92 Å². The number of amides is 1. The number of hydrogen-bond acceptors (Lipinski definition) is 5. The molecule has 1 aromatic heterocycles. The smallest absolute Gasteiger partial charge is 0.234 e. The van der Waals surface area contributed by atoms with Crippen molar-refractivity contribution in [1.29, 1.82) is 0 Å². The first kappa shape index (κ1) is 24.6. The van der Waals surface area contributed by atoms with Crippen LogP contribution in [-0.4, -0.2) is 45.9 Å². The molecule has 0 radical (unpaired) electrons. The van der Waals surface area contributed by atoms with Gasteiger partial charge >= 0.3 is 0 Å². The Morgan fingerprint density at radius 3 is 2.60 bits per heavy atom. The van der Waals surface area contributed by atoms with Crippen molar-refractivity contribution in [3.63, 3.8) is 0 Å². The lowest BCUT2D eigenvalue weighted by Gasteiger charge is -2.32. The summed E-state index contributed by atoms with van der Waals surface area (Å²) in [5.74, 6) is 3.39. The second kappa shape index (κ2) is 10.1. The maximum absolute atomic E-state index is 12.1. The summed E-state index contributed by atoms with van der Waals surface area (Å²) in [5.41, 5.74) is 1.87. The Morgan fingerprint density at radius 1 is 1.20 bits per heavy atom. The first-order valence-corrected chi connectivity index (χ1v) is 10.2. The van der Waals surface area contributed by atoms with E-state index in [0.29, 0.717) is 12.5 Å². The largest absolute Gasteiger partial charge is 0.462 e. The number of carbonyl (C=O) groups excluding carboxylic acids is 1. The third-order valence-electron chi connectivity index (χ3n) is 5.42. The van der Waals surface area contributed by atoms with Crippen molar-refractivity contribution < 1.29 is 14.3 Å². The second-order valence-electron chi connectivity index (χ2n) is 8.99. The van der Waals surface area contributed by atoms with Crippen LogP contribution in [-0.2, 0) is 27.1 Å². The highest BCUT2D eigenvalue weighted by atomic mass is 35.5. The predicted molar refractivity (Wildman–Crippen MR) is 120 cm³/mol. The number of ether oxygens (including phenoxy) is 2. The summed E-state index contributed by atoms with van der Waals surface area (Å²) in [6.07, 6.45) is 7.97. The summed E-state index contributed by atoms with van der Waals surface area (Å²) in [5, 5.41) is 3.04. The van der Waals surface area contributed by atoms with Crippen LogP contribution in [0.1, 0.15) is 57.2 Å². The molecule has 2 aliphatic heterocycles.